The van der Waals surface area contributed by atoms with Crippen LogP contribution in [-0.4, -0.2) is 35.5 Å². The molecule has 1 heterocycles. The fourth-order valence-electron chi connectivity index (χ4n) is 3.28. The van der Waals surface area contributed by atoms with Crippen LogP contribution in [0, 0.1) is 11.3 Å². The number of halogens is 1. The van der Waals surface area contributed by atoms with Crippen molar-refractivity contribution in [1.29, 1.82) is 5.26 Å². The average molecular weight is 333 g/mol. The molecule has 6 nitrogen and oxygen atoms in total. The van der Waals surface area contributed by atoms with Crippen molar-refractivity contribution in [2.45, 2.75) is 37.8 Å². The summed E-state index contributed by atoms with van der Waals surface area (Å²) in [5.41, 5.74) is 0.867. The number of piperazine rings is 1. The molecule has 1 aliphatic carbocycles. The number of carbonyl (C=O) groups excluding carboxylic acids is 2. The molecule has 1 aromatic rings. The van der Waals surface area contributed by atoms with Crippen LogP contribution in [0.2, 0.25) is 5.02 Å². The van der Waals surface area contributed by atoms with E-state index < -0.39 is 0 Å². The Morgan fingerprint density at radius 2 is 2.17 bits per heavy atom. The first kappa shape index (κ1) is 15.6. The molecular formula is C16H17ClN4O2. The van der Waals surface area contributed by atoms with Crippen molar-refractivity contribution in [3.63, 3.8) is 0 Å². The zero-order valence-corrected chi connectivity index (χ0v) is 13.3. The second kappa shape index (κ2) is 6.47. The summed E-state index contributed by atoms with van der Waals surface area (Å²) in [6, 6.07) is 6.48. The Kier molecular flexibility index (Phi) is 4.39. The lowest BCUT2D eigenvalue weighted by Gasteiger charge is -2.43. The van der Waals surface area contributed by atoms with E-state index in [0.717, 1.165) is 25.7 Å². The van der Waals surface area contributed by atoms with Gasteiger partial charge in [0.15, 0.2) is 0 Å². The van der Waals surface area contributed by atoms with Gasteiger partial charge in [-0.25, -0.2) is 4.79 Å². The number of nitrogens with zero attached hydrogens (tertiary/aromatic N) is 2. The fraction of sp³-hybridized carbons (Fsp3) is 0.438. The normalized spacial score (nSPS) is 23.5. The van der Waals surface area contributed by atoms with Gasteiger partial charge in [-0.1, -0.05) is 24.4 Å². The molecule has 0 spiro atoms. The van der Waals surface area contributed by atoms with E-state index in [1.807, 2.05) is 6.07 Å². The molecule has 2 atom stereocenters. The number of anilines is 1. The van der Waals surface area contributed by atoms with Crippen LogP contribution < -0.4 is 10.6 Å². The molecule has 2 aliphatic rings. The molecule has 3 amide bonds. The number of hydrogen-bond donors (Lipinski definition) is 2. The van der Waals surface area contributed by atoms with Gasteiger partial charge >= 0.3 is 6.03 Å². The van der Waals surface area contributed by atoms with Crippen LogP contribution in [-0.2, 0) is 4.79 Å². The van der Waals surface area contributed by atoms with E-state index in [2.05, 4.69) is 10.6 Å². The van der Waals surface area contributed by atoms with Crippen molar-refractivity contribution in [2.24, 2.45) is 0 Å². The number of benzene rings is 1. The van der Waals surface area contributed by atoms with Gasteiger partial charge in [0.25, 0.3) is 0 Å². The molecule has 2 N–H and O–H groups in total. The molecule has 3 rings (SSSR count). The molecule has 1 aliphatic heterocycles. The van der Waals surface area contributed by atoms with Gasteiger partial charge in [0.2, 0.25) is 5.91 Å². The third-order valence-corrected chi connectivity index (χ3v) is 4.70. The lowest BCUT2D eigenvalue weighted by Crippen LogP contribution is -2.63. The maximum atomic E-state index is 12.6. The first-order chi connectivity index (χ1) is 11.1. The molecule has 23 heavy (non-hydrogen) atoms. The van der Waals surface area contributed by atoms with Crippen molar-refractivity contribution in [2.75, 3.05) is 11.9 Å². The second-order valence-electron chi connectivity index (χ2n) is 5.89. The van der Waals surface area contributed by atoms with E-state index in [4.69, 9.17) is 16.9 Å². The van der Waals surface area contributed by atoms with Gasteiger partial charge < -0.3 is 15.5 Å². The van der Waals surface area contributed by atoms with Gasteiger partial charge in [-0.15, -0.1) is 0 Å². The monoisotopic (exact) mass is 332 g/mol. The molecule has 1 aromatic carbocycles. The van der Waals surface area contributed by atoms with Crippen LogP contribution in [0.5, 0.6) is 0 Å². The van der Waals surface area contributed by atoms with Crippen molar-refractivity contribution in [3.05, 3.63) is 28.8 Å². The SMILES string of the molecule is N#Cc1ccc(NC(=O)N2CC(=O)N[C@@H]3CCCC[C@@H]32)cc1Cl. The van der Waals surface area contributed by atoms with Crippen molar-refractivity contribution >= 4 is 29.2 Å². The van der Waals surface area contributed by atoms with Gasteiger partial charge in [-0.3, -0.25) is 4.79 Å². The molecule has 0 bridgehead atoms. The summed E-state index contributed by atoms with van der Waals surface area (Å²) in [5.74, 6) is -0.124. The van der Waals surface area contributed by atoms with Gasteiger partial charge in [-0.05, 0) is 31.0 Å². The summed E-state index contributed by atoms with van der Waals surface area (Å²) >= 11 is 5.98. The third kappa shape index (κ3) is 3.25. The number of nitrogens with one attached hydrogen (secondary N) is 2. The highest BCUT2D eigenvalue weighted by Gasteiger charge is 2.38. The third-order valence-electron chi connectivity index (χ3n) is 4.39. The van der Waals surface area contributed by atoms with Crippen molar-refractivity contribution in [3.8, 4) is 6.07 Å². The van der Waals surface area contributed by atoms with Gasteiger partial charge in [0.05, 0.1) is 16.6 Å². The maximum Gasteiger partial charge on any atom is 0.322 e. The smallest absolute Gasteiger partial charge is 0.322 e. The number of fused-ring (bicyclic) bond motifs is 1. The lowest BCUT2D eigenvalue weighted by molar-refractivity contribution is -0.126. The Bertz CT molecular complexity index is 685. The number of carbonyl (C=O) groups is 2. The first-order valence-electron chi connectivity index (χ1n) is 7.65. The van der Waals surface area contributed by atoms with Crippen LogP contribution in [0.4, 0.5) is 10.5 Å². The fourth-order valence-corrected chi connectivity index (χ4v) is 3.50. The van der Waals surface area contributed by atoms with Crippen molar-refractivity contribution in [1.82, 2.24) is 10.2 Å². The number of nitriles is 1. The average Bonchev–Trinajstić information content (AvgIpc) is 2.54. The molecule has 0 unspecified atom stereocenters. The van der Waals surface area contributed by atoms with Gasteiger partial charge in [0, 0.05) is 11.7 Å². The lowest BCUT2D eigenvalue weighted by atomic mass is 9.87. The molecule has 1 saturated carbocycles. The summed E-state index contributed by atoms with van der Waals surface area (Å²) in [4.78, 5) is 26.0. The highest BCUT2D eigenvalue weighted by Crippen LogP contribution is 2.27. The van der Waals surface area contributed by atoms with Gasteiger partial charge in [-0.2, -0.15) is 5.26 Å². The predicted molar refractivity (Wildman–Crippen MR) is 86.1 cm³/mol. The Hall–Kier alpha value is -2.26. The van der Waals surface area contributed by atoms with E-state index in [-0.39, 0.29) is 35.6 Å². The minimum absolute atomic E-state index is 0.0373. The number of urea groups is 1. The number of rotatable bonds is 1. The Morgan fingerprint density at radius 3 is 2.91 bits per heavy atom. The minimum atomic E-state index is -0.308. The first-order valence-corrected chi connectivity index (χ1v) is 8.03. The predicted octanol–water partition coefficient (Wildman–Crippen LogP) is 2.49. The Labute approximate surface area is 139 Å². The summed E-state index contributed by atoms with van der Waals surface area (Å²) in [5, 5.41) is 14.9. The van der Waals surface area contributed by atoms with E-state index >= 15 is 0 Å². The van der Waals surface area contributed by atoms with E-state index in [0.29, 0.717) is 11.3 Å². The topological polar surface area (TPSA) is 85.2 Å². The molecule has 0 radical (unpaired) electrons. The molecule has 7 heteroatoms. The van der Waals surface area contributed by atoms with E-state index in [1.54, 1.807) is 23.1 Å². The highest BCUT2D eigenvalue weighted by atomic mass is 35.5. The minimum Gasteiger partial charge on any atom is -0.350 e. The number of amides is 3. The van der Waals surface area contributed by atoms with E-state index in [1.165, 1.54) is 0 Å². The molecule has 0 aromatic heterocycles. The zero-order chi connectivity index (χ0) is 16.4. The quantitative estimate of drug-likeness (QED) is 0.828. The van der Waals surface area contributed by atoms with E-state index in [9.17, 15) is 9.59 Å². The van der Waals surface area contributed by atoms with Gasteiger partial charge in [0.1, 0.15) is 12.6 Å². The van der Waals surface area contributed by atoms with Crippen LogP contribution in [0.25, 0.3) is 0 Å². The standard InChI is InChI=1S/C16H17ClN4O2/c17-12-7-11(6-5-10(12)8-18)19-16(23)21-9-15(22)20-13-3-1-2-4-14(13)21/h5-7,13-14H,1-4,9H2,(H,19,23)(H,20,22)/t13-,14+/m1/s1. The van der Waals surface area contributed by atoms with Crippen LogP contribution in [0.3, 0.4) is 0 Å². The summed E-state index contributed by atoms with van der Waals surface area (Å²) < 4.78 is 0. The van der Waals surface area contributed by atoms with Crippen LogP contribution in [0.1, 0.15) is 31.2 Å². The number of hydrogen-bond acceptors (Lipinski definition) is 3. The van der Waals surface area contributed by atoms with Crippen molar-refractivity contribution < 1.29 is 9.59 Å². The zero-order valence-electron chi connectivity index (χ0n) is 12.5. The molecule has 2 fully saturated rings. The maximum absolute atomic E-state index is 12.6. The van der Waals surface area contributed by atoms with Crippen LogP contribution in [0.15, 0.2) is 18.2 Å². The second-order valence-corrected chi connectivity index (χ2v) is 6.30. The Balaban J connectivity index is 1.75. The molecule has 1 saturated heterocycles. The Morgan fingerprint density at radius 1 is 1.39 bits per heavy atom. The summed E-state index contributed by atoms with van der Waals surface area (Å²) in [7, 11) is 0. The largest absolute Gasteiger partial charge is 0.350 e. The molecular weight excluding hydrogens is 316 g/mol. The summed E-state index contributed by atoms with van der Waals surface area (Å²) in [6.07, 6.45) is 3.93. The van der Waals surface area contributed by atoms with Crippen LogP contribution >= 0.6 is 11.6 Å². The highest BCUT2D eigenvalue weighted by molar-refractivity contribution is 6.32. The molecule has 120 valence electrons. The summed E-state index contributed by atoms with van der Waals surface area (Å²) in [6.45, 7) is 0.0665.